The lowest BCUT2D eigenvalue weighted by atomic mass is 10.1. The summed E-state index contributed by atoms with van der Waals surface area (Å²) in [6.07, 6.45) is -0.625. The van der Waals surface area contributed by atoms with Crippen LogP contribution in [0.15, 0.2) is 36.4 Å². The molecule has 2 N–H and O–H groups in total. The van der Waals surface area contributed by atoms with Crippen molar-refractivity contribution in [3.05, 3.63) is 69.0 Å². The fraction of sp³-hybridized carbons (Fsp3) is 0.263. The van der Waals surface area contributed by atoms with Crippen molar-refractivity contribution in [3.8, 4) is 0 Å². The fourth-order valence-corrected chi connectivity index (χ4v) is 3.83. The van der Waals surface area contributed by atoms with Gasteiger partial charge in [0.2, 0.25) is 0 Å². The summed E-state index contributed by atoms with van der Waals surface area (Å²) in [6, 6.07) is 8.08. The van der Waals surface area contributed by atoms with Gasteiger partial charge < -0.3 is 15.3 Å². The molecule has 0 saturated carbocycles. The van der Waals surface area contributed by atoms with Crippen LogP contribution in [0.2, 0.25) is 10.0 Å². The molecule has 1 aliphatic carbocycles. The molecular weight excluding hydrogens is 394 g/mol. The normalized spacial score (nSPS) is 18.1. The van der Waals surface area contributed by atoms with Gasteiger partial charge >= 0.3 is 11.8 Å². The summed E-state index contributed by atoms with van der Waals surface area (Å²) >= 11 is 12.2. The van der Waals surface area contributed by atoms with Gasteiger partial charge in [-0.2, -0.15) is 0 Å². The number of hydrogen-bond donors (Lipinski definition) is 2. The molecule has 0 heterocycles. The SMILES string of the molecule is CN(C(=O)C(=O)NCc1ccc(F)cc1)[C@@H]1c2cc(Cl)cc(Cl)c2C[C@@H]1O. The highest BCUT2D eigenvalue weighted by molar-refractivity contribution is 6.36. The van der Waals surface area contributed by atoms with Gasteiger partial charge in [-0.1, -0.05) is 35.3 Å². The summed E-state index contributed by atoms with van der Waals surface area (Å²) in [5.74, 6) is -2.01. The molecule has 0 aliphatic heterocycles. The third-order valence-electron chi connectivity index (χ3n) is 4.59. The van der Waals surface area contributed by atoms with Crippen molar-refractivity contribution in [3.63, 3.8) is 0 Å². The molecule has 142 valence electrons. The van der Waals surface area contributed by atoms with Gasteiger partial charge in [0.1, 0.15) is 5.82 Å². The second-order valence-corrected chi connectivity index (χ2v) is 7.24. The lowest BCUT2D eigenvalue weighted by Gasteiger charge is -2.27. The number of aliphatic hydroxyl groups is 1. The average molecular weight is 411 g/mol. The van der Waals surface area contributed by atoms with E-state index in [9.17, 15) is 19.1 Å². The van der Waals surface area contributed by atoms with E-state index >= 15 is 0 Å². The number of nitrogens with zero attached hydrogens (tertiary/aromatic N) is 1. The van der Waals surface area contributed by atoms with Gasteiger partial charge in [-0.05, 0) is 41.0 Å². The molecule has 2 amide bonds. The Bertz CT molecular complexity index is 889. The summed E-state index contributed by atoms with van der Waals surface area (Å²) in [7, 11) is 1.44. The zero-order valence-electron chi connectivity index (χ0n) is 14.4. The first-order valence-corrected chi connectivity index (χ1v) is 8.99. The zero-order chi connectivity index (χ0) is 19.7. The summed E-state index contributed by atoms with van der Waals surface area (Å²) in [5, 5.41) is 13.7. The van der Waals surface area contributed by atoms with E-state index in [4.69, 9.17) is 23.2 Å². The summed E-state index contributed by atoms with van der Waals surface area (Å²) in [4.78, 5) is 25.9. The number of nitrogens with one attached hydrogen (secondary N) is 1. The lowest BCUT2D eigenvalue weighted by molar-refractivity contribution is -0.147. The molecule has 2 aromatic carbocycles. The number of rotatable bonds is 3. The van der Waals surface area contributed by atoms with Crippen LogP contribution in [0, 0.1) is 5.82 Å². The van der Waals surface area contributed by atoms with E-state index in [1.165, 1.54) is 36.2 Å². The van der Waals surface area contributed by atoms with Gasteiger partial charge in [-0.25, -0.2) is 4.39 Å². The van der Waals surface area contributed by atoms with E-state index in [2.05, 4.69) is 5.32 Å². The topological polar surface area (TPSA) is 69.6 Å². The number of fused-ring (bicyclic) bond motifs is 1. The Balaban J connectivity index is 1.72. The molecular formula is C19H17Cl2FN2O3. The Hall–Kier alpha value is -2.15. The van der Waals surface area contributed by atoms with Crippen molar-refractivity contribution in [2.75, 3.05) is 7.05 Å². The fourth-order valence-electron chi connectivity index (χ4n) is 3.24. The second kappa shape index (κ2) is 7.84. The van der Waals surface area contributed by atoms with Gasteiger partial charge in [-0.15, -0.1) is 0 Å². The van der Waals surface area contributed by atoms with Gasteiger partial charge in [0.25, 0.3) is 0 Å². The predicted molar refractivity (Wildman–Crippen MR) is 99.9 cm³/mol. The van der Waals surface area contributed by atoms with Gasteiger partial charge in [0.15, 0.2) is 0 Å². The minimum atomic E-state index is -0.894. The Labute approximate surface area is 165 Å². The molecule has 1 aliphatic rings. The molecule has 2 aromatic rings. The molecule has 0 spiro atoms. The van der Waals surface area contributed by atoms with Crippen LogP contribution in [0.4, 0.5) is 4.39 Å². The summed E-state index contributed by atoms with van der Waals surface area (Å²) in [6.45, 7) is 0.0835. The number of amides is 2. The maximum atomic E-state index is 12.9. The van der Waals surface area contributed by atoms with Crippen LogP contribution in [-0.4, -0.2) is 35.0 Å². The Morgan fingerprint density at radius 2 is 1.93 bits per heavy atom. The quantitative estimate of drug-likeness (QED) is 0.764. The third-order valence-corrected chi connectivity index (χ3v) is 5.14. The monoisotopic (exact) mass is 410 g/mol. The van der Waals surface area contributed by atoms with Crippen molar-refractivity contribution < 1.29 is 19.1 Å². The molecule has 0 aromatic heterocycles. The largest absolute Gasteiger partial charge is 0.390 e. The van der Waals surface area contributed by atoms with Gasteiger partial charge in [-0.3, -0.25) is 9.59 Å². The van der Waals surface area contributed by atoms with Crippen LogP contribution in [-0.2, 0) is 22.6 Å². The standard InChI is InChI=1S/C19H17Cl2FN2O3/c1-24(17-14-6-11(20)7-15(21)13(14)8-16(17)25)19(27)18(26)23-9-10-2-4-12(22)5-3-10/h2-7,16-17,25H,8-9H2,1H3,(H,23,26)/t16-,17+/m0/s1. The lowest BCUT2D eigenvalue weighted by Crippen LogP contribution is -2.44. The van der Waals surface area contributed by atoms with Crippen LogP contribution in [0.5, 0.6) is 0 Å². The molecule has 8 heteroatoms. The van der Waals surface area contributed by atoms with E-state index in [0.717, 1.165) is 0 Å². The number of carbonyl (C=O) groups is 2. The minimum absolute atomic E-state index is 0.0835. The van der Waals surface area contributed by atoms with Gasteiger partial charge in [0.05, 0.1) is 12.1 Å². The number of aliphatic hydroxyl groups excluding tert-OH is 1. The maximum absolute atomic E-state index is 12.9. The number of carbonyl (C=O) groups excluding carboxylic acids is 2. The highest BCUT2D eigenvalue weighted by Gasteiger charge is 2.39. The van der Waals surface area contributed by atoms with Crippen molar-refractivity contribution in [2.45, 2.75) is 25.1 Å². The van der Waals surface area contributed by atoms with E-state index < -0.39 is 24.0 Å². The van der Waals surface area contributed by atoms with E-state index in [-0.39, 0.29) is 18.8 Å². The first kappa shape index (κ1) is 19.6. The molecule has 27 heavy (non-hydrogen) atoms. The number of likely N-dealkylation sites (N-methyl/N-ethyl adjacent to an activating group) is 1. The Kier molecular flexibility index (Phi) is 5.69. The maximum Gasteiger partial charge on any atom is 0.312 e. The molecule has 0 unspecified atom stereocenters. The number of hydrogen-bond acceptors (Lipinski definition) is 3. The molecule has 0 bridgehead atoms. The molecule has 2 atom stereocenters. The van der Waals surface area contributed by atoms with Crippen molar-refractivity contribution >= 4 is 35.0 Å². The zero-order valence-corrected chi connectivity index (χ0v) is 15.9. The minimum Gasteiger partial charge on any atom is -0.390 e. The van der Waals surface area contributed by atoms with Crippen LogP contribution >= 0.6 is 23.2 Å². The van der Waals surface area contributed by atoms with Crippen LogP contribution in [0.3, 0.4) is 0 Å². The van der Waals surface area contributed by atoms with Crippen LogP contribution in [0.1, 0.15) is 22.7 Å². The van der Waals surface area contributed by atoms with Crippen molar-refractivity contribution in [2.24, 2.45) is 0 Å². The number of benzene rings is 2. The van der Waals surface area contributed by atoms with Crippen molar-refractivity contribution in [1.82, 2.24) is 10.2 Å². The van der Waals surface area contributed by atoms with E-state index in [0.29, 0.717) is 26.7 Å². The Morgan fingerprint density at radius 3 is 2.59 bits per heavy atom. The first-order valence-electron chi connectivity index (χ1n) is 8.23. The predicted octanol–water partition coefficient (Wildman–Crippen LogP) is 2.87. The summed E-state index contributed by atoms with van der Waals surface area (Å²) < 4.78 is 12.9. The Morgan fingerprint density at radius 1 is 1.26 bits per heavy atom. The van der Waals surface area contributed by atoms with Gasteiger partial charge in [0, 0.05) is 30.1 Å². The van der Waals surface area contributed by atoms with E-state index in [1.54, 1.807) is 12.1 Å². The summed E-state index contributed by atoms with van der Waals surface area (Å²) in [5.41, 5.74) is 2.00. The average Bonchev–Trinajstić information content (AvgIpc) is 2.96. The van der Waals surface area contributed by atoms with Crippen LogP contribution in [0.25, 0.3) is 0 Å². The molecule has 0 saturated heterocycles. The number of halogens is 3. The molecule has 0 radical (unpaired) electrons. The smallest absolute Gasteiger partial charge is 0.312 e. The first-order chi connectivity index (χ1) is 12.8. The molecule has 5 nitrogen and oxygen atoms in total. The van der Waals surface area contributed by atoms with E-state index in [1.807, 2.05) is 0 Å². The molecule has 0 fully saturated rings. The van der Waals surface area contributed by atoms with Crippen molar-refractivity contribution in [1.29, 1.82) is 0 Å². The third kappa shape index (κ3) is 4.08. The highest BCUT2D eigenvalue weighted by atomic mass is 35.5. The highest BCUT2D eigenvalue weighted by Crippen LogP contribution is 2.40. The molecule has 3 rings (SSSR count). The second-order valence-electron chi connectivity index (χ2n) is 6.40. The van der Waals surface area contributed by atoms with Crippen LogP contribution < -0.4 is 5.32 Å².